The van der Waals surface area contributed by atoms with Gasteiger partial charge in [0, 0.05) is 23.1 Å². The molecule has 0 radical (unpaired) electrons. The standard InChI is InChI=1S/C24H24N6O2/c1-16(2)21(22-29-28-20-10-6-7-15-30(20)22)27-24(32)26-19-13-11-17(12-14-19)23(31)25-18-8-4-3-5-9-18/h3-16,21H,1-2H3,(H,25,31)(H2,26,27,32). The second kappa shape index (κ2) is 9.30. The maximum absolute atomic E-state index is 12.7. The van der Waals surface area contributed by atoms with Crippen molar-refractivity contribution in [1.29, 1.82) is 0 Å². The smallest absolute Gasteiger partial charge is 0.319 e. The van der Waals surface area contributed by atoms with Gasteiger partial charge in [0.2, 0.25) is 0 Å². The molecular formula is C24H24N6O2. The fourth-order valence-electron chi connectivity index (χ4n) is 3.34. The van der Waals surface area contributed by atoms with Crippen molar-refractivity contribution >= 4 is 29.0 Å². The summed E-state index contributed by atoms with van der Waals surface area (Å²) >= 11 is 0. The summed E-state index contributed by atoms with van der Waals surface area (Å²) in [7, 11) is 0. The summed E-state index contributed by atoms with van der Waals surface area (Å²) < 4.78 is 1.87. The van der Waals surface area contributed by atoms with Gasteiger partial charge < -0.3 is 16.0 Å². The molecular weight excluding hydrogens is 404 g/mol. The number of pyridine rings is 1. The molecule has 0 aliphatic rings. The topological polar surface area (TPSA) is 100 Å². The lowest BCUT2D eigenvalue weighted by molar-refractivity contribution is 0.102. The quantitative estimate of drug-likeness (QED) is 0.421. The molecule has 2 aromatic carbocycles. The number of hydrogen-bond acceptors (Lipinski definition) is 4. The maximum Gasteiger partial charge on any atom is 0.319 e. The first kappa shape index (κ1) is 21.0. The second-order valence-corrected chi connectivity index (χ2v) is 7.70. The van der Waals surface area contributed by atoms with E-state index in [9.17, 15) is 9.59 Å². The Morgan fingerprint density at radius 1 is 0.812 bits per heavy atom. The summed E-state index contributed by atoms with van der Waals surface area (Å²) in [5.41, 5.74) is 2.52. The molecule has 0 bridgehead atoms. The number of anilines is 2. The lowest BCUT2D eigenvalue weighted by Gasteiger charge is -2.21. The SMILES string of the molecule is CC(C)C(NC(=O)Nc1ccc(C(=O)Nc2ccccc2)cc1)c1nnc2ccccn12. The van der Waals surface area contributed by atoms with Gasteiger partial charge in [-0.2, -0.15) is 0 Å². The van der Waals surface area contributed by atoms with Crippen LogP contribution < -0.4 is 16.0 Å². The van der Waals surface area contributed by atoms with Crippen molar-refractivity contribution in [2.45, 2.75) is 19.9 Å². The van der Waals surface area contributed by atoms with Crippen molar-refractivity contribution in [2.75, 3.05) is 10.6 Å². The highest BCUT2D eigenvalue weighted by Gasteiger charge is 2.23. The molecule has 4 rings (SSSR count). The Bertz CT molecular complexity index is 1220. The zero-order chi connectivity index (χ0) is 22.5. The van der Waals surface area contributed by atoms with E-state index >= 15 is 0 Å². The van der Waals surface area contributed by atoms with Crippen molar-refractivity contribution in [3.63, 3.8) is 0 Å². The molecule has 0 spiro atoms. The van der Waals surface area contributed by atoms with E-state index in [-0.39, 0.29) is 23.9 Å². The Hall–Kier alpha value is -4.20. The second-order valence-electron chi connectivity index (χ2n) is 7.70. The molecule has 162 valence electrons. The number of para-hydroxylation sites is 1. The van der Waals surface area contributed by atoms with Crippen LogP contribution in [0.4, 0.5) is 16.2 Å². The van der Waals surface area contributed by atoms with Gasteiger partial charge in [-0.1, -0.05) is 38.1 Å². The van der Waals surface area contributed by atoms with Crippen LogP contribution in [-0.2, 0) is 0 Å². The van der Waals surface area contributed by atoms with Gasteiger partial charge in [-0.25, -0.2) is 4.79 Å². The van der Waals surface area contributed by atoms with Crippen molar-refractivity contribution in [2.24, 2.45) is 5.92 Å². The first-order valence-electron chi connectivity index (χ1n) is 10.3. The summed E-state index contributed by atoms with van der Waals surface area (Å²) in [4.78, 5) is 25.0. The number of benzene rings is 2. The molecule has 0 saturated carbocycles. The number of carbonyl (C=O) groups is 2. The van der Waals surface area contributed by atoms with E-state index in [2.05, 4.69) is 26.1 Å². The summed E-state index contributed by atoms with van der Waals surface area (Å²) in [6.07, 6.45) is 1.87. The molecule has 0 fully saturated rings. The molecule has 8 nitrogen and oxygen atoms in total. The van der Waals surface area contributed by atoms with Crippen LogP contribution in [-0.4, -0.2) is 26.5 Å². The zero-order valence-electron chi connectivity index (χ0n) is 17.8. The van der Waals surface area contributed by atoms with Gasteiger partial charge in [0.1, 0.15) is 0 Å². The molecule has 8 heteroatoms. The first-order chi connectivity index (χ1) is 15.5. The minimum atomic E-state index is -0.363. The summed E-state index contributed by atoms with van der Waals surface area (Å²) in [5, 5.41) is 17.1. The molecule has 4 aromatic rings. The number of hydrogen-bond donors (Lipinski definition) is 3. The monoisotopic (exact) mass is 428 g/mol. The van der Waals surface area contributed by atoms with Gasteiger partial charge in [-0.05, 0) is 54.4 Å². The van der Waals surface area contributed by atoms with E-state index < -0.39 is 0 Å². The van der Waals surface area contributed by atoms with Gasteiger partial charge in [0.15, 0.2) is 11.5 Å². The van der Waals surface area contributed by atoms with E-state index in [1.165, 1.54) is 0 Å². The Morgan fingerprint density at radius 3 is 2.22 bits per heavy atom. The van der Waals surface area contributed by atoms with Gasteiger partial charge in [-0.3, -0.25) is 9.20 Å². The third kappa shape index (κ3) is 4.75. The van der Waals surface area contributed by atoms with Crippen LogP contribution in [0.3, 0.4) is 0 Å². The lowest BCUT2D eigenvalue weighted by atomic mass is 10.0. The van der Waals surface area contributed by atoms with Crippen LogP contribution in [0.25, 0.3) is 5.65 Å². The average Bonchev–Trinajstić information content (AvgIpc) is 3.22. The number of rotatable bonds is 6. The molecule has 32 heavy (non-hydrogen) atoms. The summed E-state index contributed by atoms with van der Waals surface area (Å²) in [6.45, 7) is 4.02. The molecule has 1 atom stereocenters. The molecule has 3 N–H and O–H groups in total. The van der Waals surface area contributed by atoms with Crippen molar-refractivity contribution in [3.8, 4) is 0 Å². The van der Waals surface area contributed by atoms with E-state index in [4.69, 9.17) is 0 Å². The Labute approximate surface area is 185 Å². The molecule has 0 aliphatic heterocycles. The summed E-state index contributed by atoms with van der Waals surface area (Å²) in [5.74, 6) is 0.543. The molecule has 2 heterocycles. The van der Waals surface area contributed by atoms with Crippen LogP contribution in [0.5, 0.6) is 0 Å². The highest BCUT2D eigenvalue weighted by atomic mass is 16.2. The third-order valence-corrected chi connectivity index (χ3v) is 5.01. The van der Waals surface area contributed by atoms with E-state index in [1.54, 1.807) is 24.3 Å². The van der Waals surface area contributed by atoms with Crippen LogP contribution in [0.1, 0.15) is 36.1 Å². The fourth-order valence-corrected chi connectivity index (χ4v) is 3.34. The number of aromatic nitrogens is 3. The minimum absolute atomic E-state index is 0.0948. The van der Waals surface area contributed by atoms with Crippen LogP contribution >= 0.6 is 0 Å². The largest absolute Gasteiger partial charge is 0.328 e. The molecule has 3 amide bonds. The molecule has 0 aliphatic carbocycles. The van der Waals surface area contributed by atoms with Gasteiger partial charge in [0.05, 0.1) is 6.04 Å². The predicted octanol–water partition coefficient (Wildman–Crippen LogP) is 4.50. The normalized spacial score (nSPS) is 11.8. The number of nitrogens with zero attached hydrogens (tertiary/aromatic N) is 3. The van der Waals surface area contributed by atoms with Gasteiger partial charge >= 0.3 is 6.03 Å². The average molecular weight is 428 g/mol. The Kier molecular flexibility index (Phi) is 6.12. The van der Waals surface area contributed by atoms with E-state index in [0.29, 0.717) is 17.1 Å². The van der Waals surface area contributed by atoms with Crippen LogP contribution in [0, 0.1) is 5.92 Å². The van der Waals surface area contributed by atoms with Crippen LogP contribution in [0.2, 0.25) is 0 Å². The highest BCUT2D eigenvalue weighted by molar-refractivity contribution is 6.04. The number of carbonyl (C=O) groups excluding carboxylic acids is 2. The fraction of sp³-hybridized carbons (Fsp3) is 0.167. The van der Waals surface area contributed by atoms with Gasteiger partial charge in [0.25, 0.3) is 5.91 Å². The Balaban J connectivity index is 1.41. The highest BCUT2D eigenvalue weighted by Crippen LogP contribution is 2.21. The number of fused-ring (bicyclic) bond motifs is 1. The van der Waals surface area contributed by atoms with E-state index in [1.807, 2.05) is 73.0 Å². The van der Waals surface area contributed by atoms with Crippen molar-refractivity contribution in [3.05, 3.63) is 90.4 Å². The Morgan fingerprint density at radius 2 is 1.50 bits per heavy atom. The van der Waals surface area contributed by atoms with Crippen molar-refractivity contribution < 1.29 is 9.59 Å². The molecule has 2 aromatic heterocycles. The first-order valence-corrected chi connectivity index (χ1v) is 10.3. The van der Waals surface area contributed by atoms with E-state index in [0.717, 1.165) is 11.3 Å². The third-order valence-electron chi connectivity index (χ3n) is 5.01. The minimum Gasteiger partial charge on any atom is -0.328 e. The zero-order valence-corrected chi connectivity index (χ0v) is 17.8. The maximum atomic E-state index is 12.7. The number of amides is 3. The molecule has 0 saturated heterocycles. The predicted molar refractivity (Wildman–Crippen MR) is 124 cm³/mol. The van der Waals surface area contributed by atoms with Gasteiger partial charge in [-0.15, -0.1) is 10.2 Å². The van der Waals surface area contributed by atoms with Crippen molar-refractivity contribution in [1.82, 2.24) is 19.9 Å². The lowest BCUT2D eigenvalue weighted by Crippen LogP contribution is -2.36. The van der Waals surface area contributed by atoms with Crippen LogP contribution in [0.15, 0.2) is 79.0 Å². The number of urea groups is 1. The molecule has 1 unspecified atom stereocenters. The summed E-state index contributed by atoms with van der Waals surface area (Å²) in [6, 6.07) is 20.9. The number of nitrogens with one attached hydrogen (secondary N) is 3.